The Labute approximate surface area is 174 Å². The van der Waals surface area contributed by atoms with Crippen LogP contribution in [0.15, 0.2) is 28.7 Å². The van der Waals surface area contributed by atoms with E-state index < -0.39 is 47.3 Å². The Hall–Kier alpha value is -3.48. The lowest BCUT2D eigenvalue weighted by Gasteiger charge is -2.15. The van der Waals surface area contributed by atoms with Crippen molar-refractivity contribution in [2.24, 2.45) is 0 Å². The highest BCUT2D eigenvalue weighted by atomic mass is 35.5. The number of carboxylic acid groups (broad SMARTS) is 1. The van der Waals surface area contributed by atoms with Crippen LogP contribution in [-0.2, 0) is 10.7 Å². The molecule has 3 aromatic rings. The van der Waals surface area contributed by atoms with Gasteiger partial charge in [-0.15, -0.1) is 0 Å². The number of H-pyrrole nitrogens is 1. The van der Waals surface area contributed by atoms with E-state index in [-0.39, 0.29) is 16.4 Å². The molecule has 0 aliphatic carbocycles. The number of hydrogen-bond acceptors (Lipinski definition) is 5. The molecule has 2 aromatic heterocycles. The molecule has 0 aliphatic rings. The Balaban J connectivity index is 2.09. The van der Waals surface area contributed by atoms with Crippen LogP contribution in [-0.4, -0.2) is 38.1 Å². The van der Waals surface area contributed by atoms with Crippen LogP contribution in [0.25, 0.3) is 22.8 Å². The topological polar surface area (TPSA) is 121 Å². The second-order valence-corrected chi connectivity index (χ2v) is 6.44. The van der Waals surface area contributed by atoms with Crippen molar-refractivity contribution in [2.45, 2.75) is 19.0 Å². The number of carboxylic acids is 1. The van der Waals surface area contributed by atoms with E-state index >= 15 is 0 Å². The smallest absolute Gasteiger partial charge is 0.463 e. The van der Waals surface area contributed by atoms with Gasteiger partial charge in [-0.2, -0.15) is 26.9 Å². The molecule has 2 heterocycles. The van der Waals surface area contributed by atoms with Gasteiger partial charge >= 0.3 is 18.1 Å². The number of amides is 1. The number of anilines is 1. The SMILES string of the molecule is CC(=O)Nc1nc(C(F)(F)C(F)(F)F)oc1-c1nc(Cl)c(-c2ccc(C(=O)O)cc2)[nH]1. The minimum absolute atomic E-state index is 0.0261. The molecule has 1 amide bonds. The maximum Gasteiger partial charge on any atom is 0.463 e. The summed E-state index contributed by atoms with van der Waals surface area (Å²) in [5.74, 6) is -11.3. The standard InChI is InChI=1S/C17H10ClF5N4O4/c1-6(28)24-12-10(31-15(27-12)16(19,20)17(21,22)23)13-25-9(11(18)26-13)7-2-4-8(5-3-7)14(29)30/h2-5H,1H3,(H,24,28)(H,25,26)(H,29,30). The lowest BCUT2D eigenvalue weighted by molar-refractivity contribution is -0.297. The normalized spacial score (nSPS) is 12.1. The number of aromatic nitrogens is 3. The lowest BCUT2D eigenvalue weighted by Crippen LogP contribution is -2.34. The summed E-state index contributed by atoms with van der Waals surface area (Å²) in [6.45, 7) is 0.977. The van der Waals surface area contributed by atoms with Crippen molar-refractivity contribution in [2.75, 3.05) is 5.32 Å². The number of rotatable bonds is 5. The third-order valence-corrected chi connectivity index (χ3v) is 4.11. The van der Waals surface area contributed by atoms with Crippen LogP contribution >= 0.6 is 11.6 Å². The summed E-state index contributed by atoms with van der Waals surface area (Å²) >= 11 is 6.02. The zero-order chi connectivity index (χ0) is 23.1. The van der Waals surface area contributed by atoms with Crippen molar-refractivity contribution >= 4 is 29.3 Å². The van der Waals surface area contributed by atoms with E-state index in [0.29, 0.717) is 5.56 Å². The second-order valence-electron chi connectivity index (χ2n) is 6.08. The van der Waals surface area contributed by atoms with Gasteiger partial charge < -0.3 is 19.8 Å². The molecule has 0 radical (unpaired) electrons. The summed E-state index contributed by atoms with van der Waals surface area (Å²) in [5.41, 5.74) is 0.389. The minimum Gasteiger partial charge on any atom is -0.478 e. The number of halogens is 6. The molecular formula is C17H10ClF5N4O4. The fourth-order valence-electron chi connectivity index (χ4n) is 2.42. The zero-order valence-electron chi connectivity index (χ0n) is 15.1. The summed E-state index contributed by atoms with van der Waals surface area (Å²) in [5, 5.41) is 10.7. The van der Waals surface area contributed by atoms with E-state index in [1.54, 1.807) is 0 Å². The number of alkyl halides is 5. The van der Waals surface area contributed by atoms with Crippen LogP contribution in [0.3, 0.4) is 0 Å². The van der Waals surface area contributed by atoms with Crippen LogP contribution in [0.4, 0.5) is 27.8 Å². The average molecular weight is 465 g/mol. The van der Waals surface area contributed by atoms with E-state index in [1.165, 1.54) is 24.3 Å². The number of carbonyl (C=O) groups excluding carboxylic acids is 1. The molecule has 0 unspecified atom stereocenters. The lowest BCUT2D eigenvalue weighted by atomic mass is 10.1. The predicted molar refractivity (Wildman–Crippen MR) is 95.7 cm³/mol. The molecule has 14 heteroatoms. The molecule has 3 rings (SSSR count). The highest BCUT2D eigenvalue weighted by molar-refractivity contribution is 6.32. The number of benzene rings is 1. The number of oxazole rings is 1. The molecule has 164 valence electrons. The van der Waals surface area contributed by atoms with Crippen molar-refractivity contribution in [3.8, 4) is 22.8 Å². The van der Waals surface area contributed by atoms with Crippen LogP contribution in [0, 0.1) is 0 Å². The van der Waals surface area contributed by atoms with E-state index in [2.05, 4.69) is 19.4 Å². The Bertz CT molecular complexity index is 1150. The molecule has 0 spiro atoms. The first-order valence-electron chi connectivity index (χ1n) is 8.14. The quantitative estimate of drug-likeness (QED) is 0.471. The monoisotopic (exact) mass is 464 g/mol. The van der Waals surface area contributed by atoms with E-state index in [1.807, 2.05) is 5.32 Å². The molecule has 0 atom stereocenters. The molecule has 0 fully saturated rings. The Kier molecular flexibility index (Phi) is 5.48. The first kappa shape index (κ1) is 22.2. The van der Waals surface area contributed by atoms with E-state index in [9.17, 15) is 31.5 Å². The maximum absolute atomic E-state index is 13.7. The van der Waals surface area contributed by atoms with Crippen molar-refractivity contribution in [1.29, 1.82) is 0 Å². The fraction of sp³-hybridized carbons (Fsp3) is 0.176. The second kappa shape index (κ2) is 7.65. The highest BCUT2D eigenvalue weighted by Gasteiger charge is 2.63. The molecule has 0 bridgehead atoms. The first-order chi connectivity index (χ1) is 14.3. The maximum atomic E-state index is 13.7. The molecular weight excluding hydrogens is 455 g/mol. The number of aromatic amines is 1. The number of nitrogens with zero attached hydrogens (tertiary/aromatic N) is 2. The Morgan fingerprint density at radius 1 is 1.13 bits per heavy atom. The van der Waals surface area contributed by atoms with Gasteiger partial charge in [0.05, 0.1) is 11.3 Å². The predicted octanol–water partition coefficient (Wildman–Crippen LogP) is 4.70. The van der Waals surface area contributed by atoms with Crippen LogP contribution < -0.4 is 5.32 Å². The third-order valence-electron chi connectivity index (χ3n) is 3.84. The zero-order valence-corrected chi connectivity index (χ0v) is 15.9. The largest absolute Gasteiger partial charge is 0.478 e. The molecule has 0 saturated carbocycles. The Morgan fingerprint density at radius 2 is 1.74 bits per heavy atom. The van der Waals surface area contributed by atoms with Gasteiger partial charge in [0, 0.05) is 12.5 Å². The van der Waals surface area contributed by atoms with Crippen LogP contribution in [0.2, 0.25) is 5.15 Å². The molecule has 0 aliphatic heterocycles. The number of imidazole rings is 1. The molecule has 3 N–H and O–H groups in total. The minimum atomic E-state index is -6.00. The van der Waals surface area contributed by atoms with Crippen molar-refractivity contribution in [3.63, 3.8) is 0 Å². The van der Waals surface area contributed by atoms with Gasteiger partial charge in [-0.3, -0.25) is 4.79 Å². The molecule has 8 nitrogen and oxygen atoms in total. The van der Waals surface area contributed by atoms with Gasteiger partial charge in [-0.1, -0.05) is 23.7 Å². The molecule has 0 saturated heterocycles. The van der Waals surface area contributed by atoms with Gasteiger partial charge in [0.2, 0.25) is 11.7 Å². The van der Waals surface area contributed by atoms with Gasteiger partial charge in [0.25, 0.3) is 5.89 Å². The molecule has 31 heavy (non-hydrogen) atoms. The summed E-state index contributed by atoms with van der Waals surface area (Å²) < 4.78 is 70.0. The number of aromatic carboxylic acids is 1. The van der Waals surface area contributed by atoms with Gasteiger partial charge in [0.1, 0.15) is 0 Å². The highest BCUT2D eigenvalue weighted by Crippen LogP contribution is 2.45. The third kappa shape index (κ3) is 4.21. The van der Waals surface area contributed by atoms with E-state index in [0.717, 1.165) is 6.92 Å². The first-order valence-corrected chi connectivity index (χ1v) is 8.52. The summed E-state index contributed by atoms with van der Waals surface area (Å²) in [7, 11) is 0. The van der Waals surface area contributed by atoms with Crippen LogP contribution in [0.5, 0.6) is 0 Å². The average Bonchev–Trinajstić information content (AvgIpc) is 3.24. The van der Waals surface area contributed by atoms with Crippen LogP contribution in [0.1, 0.15) is 23.2 Å². The number of hydrogen-bond donors (Lipinski definition) is 3. The van der Waals surface area contributed by atoms with Gasteiger partial charge in [-0.25, -0.2) is 9.78 Å². The summed E-state index contributed by atoms with van der Waals surface area (Å²) in [6, 6.07) is 5.25. The van der Waals surface area contributed by atoms with Gasteiger partial charge in [-0.05, 0) is 12.1 Å². The number of nitrogens with one attached hydrogen (secondary N) is 2. The Morgan fingerprint density at radius 3 is 2.26 bits per heavy atom. The van der Waals surface area contributed by atoms with Gasteiger partial charge in [0.15, 0.2) is 16.8 Å². The fourth-order valence-corrected chi connectivity index (χ4v) is 2.66. The summed E-state index contributed by atoms with van der Waals surface area (Å²) in [6.07, 6.45) is -6.00. The van der Waals surface area contributed by atoms with Crippen molar-refractivity contribution in [3.05, 3.63) is 40.9 Å². The number of carbonyl (C=O) groups is 2. The van der Waals surface area contributed by atoms with Crippen molar-refractivity contribution < 1.29 is 41.1 Å². The summed E-state index contributed by atoms with van der Waals surface area (Å²) in [4.78, 5) is 31.7. The molecule has 1 aromatic carbocycles. The van der Waals surface area contributed by atoms with Crippen molar-refractivity contribution in [1.82, 2.24) is 15.0 Å². The van der Waals surface area contributed by atoms with E-state index in [4.69, 9.17) is 16.7 Å².